The lowest BCUT2D eigenvalue weighted by atomic mass is 9.74. The molecule has 6 heteroatoms. The van der Waals surface area contributed by atoms with Crippen LogP contribution in [0.15, 0.2) is 59.6 Å². The number of para-hydroxylation sites is 1. The molecule has 2 aromatic rings. The van der Waals surface area contributed by atoms with E-state index in [-0.39, 0.29) is 5.41 Å². The van der Waals surface area contributed by atoms with Crippen molar-refractivity contribution in [3.8, 4) is 11.5 Å². The first-order valence-electron chi connectivity index (χ1n) is 10.1. The molecule has 0 amide bonds. The van der Waals surface area contributed by atoms with Crippen molar-refractivity contribution in [3.05, 3.63) is 60.2 Å². The van der Waals surface area contributed by atoms with Crippen molar-refractivity contribution in [2.24, 2.45) is 4.99 Å². The molecule has 1 heterocycles. The molecule has 0 saturated carbocycles. The standard InChI is InChI=1S/C23H31N3O3/c1-24-22(25-14-17-29-21-6-4-3-5-7-21)26-18-23(12-15-28-16-13-23)19-8-10-20(27-2)11-9-19/h3-11H,12-18H2,1-2H3,(H2,24,25,26). The molecule has 0 atom stereocenters. The van der Waals surface area contributed by atoms with Crippen LogP contribution in [0.25, 0.3) is 0 Å². The van der Waals surface area contributed by atoms with Gasteiger partial charge in [-0.05, 0) is 42.7 Å². The molecule has 0 spiro atoms. The summed E-state index contributed by atoms with van der Waals surface area (Å²) in [6.07, 6.45) is 1.95. The summed E-state index contributed by atoms with van der Waals surface area (Å²) in [6.45, 7) is 3.58. The molecule has 0 aromatic heterocycles. The number of ether oxygens (including phenoxy) is 3. The number of methoxy groups -OCH3 is 1. The summed E-state index contributed by atoms with van der Waals surface area (Å²) in [7, 11) is 3.48. The zero-order valence-electron chi connectivity index (χ0n) is 17.3. The number of hydrogen-bond donors (Lipinski definition) is 2. The van der Waals surface area contributed by atoms with E-state index in [1.165, 1.54) is 5.56 Å². The van der Waals surface area contributed by atoms with E-state index in [2.05, 4.69) is 27.8 Å². The lowest BCUT2D eigenvalue weighted by Crippen LogP contribution is -2.48. The molecule has 156 valence electrons. The van der Waals surface area contributed by atoms with E-state index >= 15 is 0 Å². The van der Waals surface area contributed by atoms with Crippen molar-refractivity contribution < 1.29 is 14.2 Å². The van der Waals surface area contributed by atoms with Gasteiger partial charge in [-0.3, -0.25) is 4.99 Å². The second-order valence-corrected chi connectivity index (χ2v) is 7.14. The maximum atomic E-state index is 5.73. The van der Waals surface area contributed by atoms with E-state index in [1.54, 1.807) is 14.2 Å². The summed E-state index contributed by atoms with van der Waals surface area (Å²) >= 11 is 0. The number of aliphatic imine (C=N–C) groups is 1. The van der Waals surface area contributed by atoms with E-state index in [1.807, 2.05) is 42.5 Å². The van der Waals surface area contributed by atoms with Crippen LogP contribution in [0.3, 0.4) is 0 Å². The Morgan fingerprint density at radius 1 is 1.00 bits per heavy atom. The fourth-order valence-corrected chi connectivity index (χ4v) is 3.60. The molecule has 1 aliphatic rings. The van der Waals surface area contributed by atoms with E-state index < -0.39 is 0 Å². The Bertz CT molecular complexity index is 757. The van der Waals surface area contributed by atoms with Crippen molar-refractivity contribution in [2.75, 3.05) is 47.1 Å². The van der Waals surface area contributed by atoms with Gasteiger partial charge in [-0.15, -0.1) is 0 Å². The van der Waals surface area contributed by atoms with Gasteiger partial charge in [-0.25, -0.2) is 0 Å². The Labute approximate surface area is 173 Å². The molecule has 0 aliphatic carbocycles. The topological polar surface area (TPSA) is 64.1 Å². The third-order valence-corrected chi connectivity index (χ3v) is 5.38. The van der Waals surface area contributed by atoms with Gasteiger partial charge in [0.25, 0.3) is 0 Å². The number of nitrogens with zero attached hydrogens (tertiary/aromatic N) is 1. The molecule has 0 bridgehead atoms. The highest BCUT2D eigenvalue weighted by Gasteiger charge is 2.34. The van der Waals surface area contributed by atoms with E-state index in [9.17, 15) is 0 Å². The van der Waals surface area contributed by atoms with Crippen LogP contribution in [0, 0.1) is 0 Å². The minimum absolute atomic E-state index is 0.0165. The summed E-state index contributed by atoms with van der Waals surface area (Å²) in [4.78, 5) is 4.36. The quantitative estimate of drug-likeness (QED) is 0.407. The van der Waals surface area contributed by atoms with Gasteiger partial charge in [0.15, 0.2) is 5.96 Å². The first-order chi connectivity index (χ1) is 14.3. The number of hydrogen-bond acceptors (Lipinski definition) is 4. The normalized spacial score (nSPS) is 16.1. The Morgan fingerprint density at radius 3 is 2.38 bits per heavy atom. The Kier molecular flexibility index (Phi) is 7.76. The summed E-state index contributed by atoms with van der Waals surface area (Å²) in [5.74, 6) is 2.53. The molecule has 0 unspecified atom stereocenters. The summed E-state index contributed by atoms with van der Waals surface area (Å²) in [6, 6.07) is 18.2. The Hall–Kier alpha value is -2.73. The molecule has 1 fully saturated rings. The molecule has 1 saturated heterocycles. The van der Waals surface area contributed by atoms with Crippen molar-refractivity contribution in [1.29, 1.82) is 0 Å². The third-order valence-electron chi connectivity index (χ3n) is 5.38. The van der Waals surface area contributed by atoms with Crippen LogP contribution in [0.2, 0.25) is 0 Å². The summed E-state index contributed by atoms with van der Waals surface area (Å²) in [5, 5.41) is 6.83. The molecule has 2 N–H and O–H groups in total. The van der Waals surface area contributed by atoms with Gasteiger partial charge in [-0.2, -0.15) is 0 Å². The Morgan fingerprint density at radius 2 is 1.72 bits per heavy atom. The number of rotatable bonds is 8. The first kappa shape index (κ1) is 21.0. The average Bonchev–Trinajstić information content (AvgIpc) is 2.80. The lowest BCUT2D eigenvalue weighted by molar-refractivity contribution is 0.0513. The predicted octanol–water partition coefficient (Wildman–Crippen LogP) is 2.99. The number of guanidine groups is 1. The first-order valence-corrected chi connectivity index (χ1v) is 10.1. The van der Waals surface area contributed by atoms with E-state index in [0.29, 0.717) is 13.2 Å². The maximum Gasteiger partial charge on any atom is 0.191 e. The van der Waals surface area contributed by atoms with Crippen LogP contribution >= 0.6 is 0 Å². The van der Waals surface area contributed by atoms with Gasteiger partial charge in [0.1, 0.15) is 18.1 Å². The minimum Gasteiger partial charge on any atom is -0.497 e. The summed E-state index contributed by atoms with van der Waals surface area (Å²) < 4.78 is 16.7. The number of benzene rings is 2. The van der Waals surface area contributed by atoms with Crippen molar-refractivity contribution in [1.82, 2.24) is 10.6 Å². The molecule has 0 radical (unpaired) electrons. The van der Waals surface area contributed by atoms with Gasteiger partial charge in [0.05, 0.1) is 13.7 Å². The maximum absolute atomic E-state index is 5.73. The van der Waals surface area contributed by atoms with Crippen molar-refractivity contribution in [3.63, 3.8) is 0 Å². The van der Waals surface area contributed by atoms with Crippen LogP contribution in [0.1, 0.15) is 18.4 Å². The van der Waals surface area contributed by atoms with E-state index in [0.717, 1.165) is 50.1 Å². The SMILES string of the molecule is CN=C(NCCOc1ccccc1)NCC1(c2ccc(OC)cc2)CCOCC1. The van der Waals surface area contributed by atoms with Crippen molar-refractivity contribution >= 4 is 5.96 Å². The van der Waals surface area contributed by atoms with Gasteiger partial charge in [0.2, 0.25) is 0 Å². The van der Waals surface area contributed by atoms with Gasteiger partial charge < -0.3 is 24.8 Å². The highest BCUT2D eigenvalue weighted by molar-refractivity contribution is 5.79. The zero-order chi connectivity index (χ0) is 20.4. The predicted molar refractivity (Wildman–Crippen MR) is 116 cm³/mol. The van der Waals surface area contributed by atoms with Crippen LogP contribution in [0.4, 0.5) is 0 Å². The van der Waals surface area contributed by atoms with Gasteiger partial charge in [0, 0.05) is 32.2 Å². The van der Waals surface area contributed by atoms with Gasteiger partial charge in [-0.1, -0.05) is 30.3 Å². The third kappa shape index (κ3) is 5.87. The van der Waals surface area contributed by atoms with Crippen LogP contribution in [-0.2, 0) is 10.2 Å². The van der Waals surface area contributed by atoms with Crippen molar-refractivity contribution in [2.45, 2.75) is 18.3 Å². The van der Waals surface area contributed by atoms with Crippen LogP contribution in [-0.4, -0.2) is 53.0 Å². The highest BCUT2D eigenvalue weighted by atomic mass is 16.5. The molecular weight excluding hydrogens is 366 g/mol. The Balaban J connectivity index is 1.54. The molecule has 29 heavy (non-hydrogen) atoms. The molecule has 2 aromatic carbocycles. The van der Waals surface area contributed by atoms with E-state index in [4.69, 9.17) is 14.2 Å². The molecule has 3 rings (SSSR count). The zero-order valence-corrected chi connectivity index (χ0v) is 17.3. The fourth-order valence-electron chi connectivity index (χ4n) is 3.60. The fraction of sp³-hybridized carbons (Fsp3) is 0.435. The second kappa shape index (κ2) is 10.7. The molecule has 6 nitrogen and oxygen atoms in total. The monoisotopic (exact) mass is 397 g/mol. The second-order valence-electron chi connectivity index (χ2n) is 7.14. The molecular formula is C23H31N3O3. The lowest BCUT2D eigenvalue weighted by Gasteiger charge is -2.38. The van der Waals surface area contributed by atoms with Gasteiger partial charge >= 0.3 is 0 Å². The number of nitrogens with one attached hydrogen (secondary N) is 2. The minimum atomic E-state index is 0.0165. The molecule has 1 aliphatic heterocycles. The highest BCUT2D eigenvalue weighted by Crippen LogP contribution is 2.35. The average molecular weight is 398 g/mol. The summed E-state index contributed by atoms with van der Waals surface area (Å²) in [5.41, 5.74) is 1.32. The van der Waals surface area contributed by atoms with Crippen LogP contribution in [0.5, 0.6) is 11.5 Å². The van der Waals surface area contributed by atoms with Crippen LogP contribution < -0.4 is 20.1 Å². The largest absolute Gasteiger partial charge is 0.497 e. The smallest absolute Gasteiger partial charge is 0.191 e.